The van der Waals surface area contributed by atoms with Gasteiger partial charge in [-0.1, -0.05) is 31.1 Å². The van der Waals surface area contributed by atoms with Crippen LogP contribution in [0.2, 0.25) is 0 Å². The Morgan fingerprint density at radius 2 is 2.09 bits per heavy atom. The standard InChI is InChI=1S/C17H18BN5O7S.C2H6/c1-7(14(19)24)30-23-12(10-6-31-17(20)21-10)15(25)22-11-5-8-3-2-4-9(16(26)27)13(8)29-18(11)28;1-2/h2-4,6-7,11,28H,5H2,1H3,(H2,19,24)(H2,20,21)(H,22,25)(H,26,27);1-2H3/b23-12-;. The summed E-state index contributed by atoms with van der Waals surface area (Å²) in [5.74, 6) is -3.68. The zero-order chi connectivity index (χ0) is 24.7. The molecule has 12 nitrogen and oxygen atoms in total. The van der Waals surface area contributed by atoms with Crippen molar-refractivity contribution < 1.29 is 34.0 Å². The van der Waals surface area contributed by atoms with Crippen LogP contribution in [0.25, 0.3) is 0 Å². The van der Waals surface area contributed by atoms with Gasteiger partial charge >= 0.3 is 13.1 Å². The fourth-order valence-electron chi connectivity index (χ4n) is 2.74. The molecule has 0 fully saturated rings. The molecule has 1 aliphatic rings. The first kappa shape index (κ1) is 25.6. The van der Waals surface area contributed by atoms with Gasteiger partial charge in [0.1, 0.15) is 11.4 Å². The van der Waals surface area contributed by atoms with E-state index in [2.05, 4.69) is 15.5 Å². The summed E-state index contributed by atoms with van der Waals surface area (Å²) in [5, 5.41) is 27.5. The number of carbonyl (C=O) groups is 3. The summed E-state index contributed by atoms with van der Waals surface area (Å²) in [6.45, 7) is 5.35. The summed E-state index contributed by atoms with van der Waals surface area (Å²) in [7, 11) is -1.52. The van der Waals surface area contributed by atoms with E-state index in [1.54, 1.807) is 6.07 Å². The Morgan fingerprint density at radius 1 is 1.39 bits per heavy atom. The first-order valence-electron chi connectivity index (χ1n) is 9.92. The lowest BCUT2D eigenvalue weighted by Gasteiger charge is -2.28. The summed E-state index contributed by atoms with van der Waals surface area (Å²) >= 11 is 1.06. The Hall–Kier alpha value is -3.65. The Balaban J connectivity index is 0.00000187. The number of hydrogen-bond donors (Lipinski definition) is 5. The van der Waals surface area contributed by atoms with Crippen LogP contribution in [0.1, 0.15) is 42.4 Å². The highest BCUT2D eigenvalue weighted by Gasteiger charge is 2.38. The van der Waals surface area contributed by atoms with E-state index >= 15 is 0 Å². The lowest BCUT2D eigenvalue weighted by atomic mass is 9.72. The molecule has 2 unspecified atom stereocenters. The molecule has 0 aliphatic carbocycles. The Kier molecular flexibility index (Phi) is 8.76. The van der Waals surface area contributed by atoms with Crippen molar-refractivity contribution in [3.63, 3.8) is 0 Å². The normalized spacial score (nSPS) is 15.8. The van der Waals surface area contributed by atoms with Gasteiger partial charge in [-0.25, -0.2) is 9.78 Å². The molecule has 0 bridgehead atoms. The number of nitrogens with one attached hydrogen (secondary N) is 1. The minimum Gasteiger partial charge on any atom is -0.534 e. The summed E-state index contributed by atoms with van der Waals surface area (Å²) in [6, 6.07) is 4.51. The molecule has 2 atom stereocenters. The fourth-order valence-corrected chi connectivity index (χ4v) is 3.29. The summed E-state index contributed by atoms with van der Waals surface area (Å²) in [5.41, 5.74) is 10.9. The van der Waals surface area contributed by atoms with Crippen molar-refractivity contribution in [1.29, 1.82) is 0 Å². The predicted molar refractivity (Wildman–Crippen MR) is 122 cm³/mol. The highest BCUT2D eigenvalue weighted by molar-refractivity contribution is 7.13. The van der Waals surface area contributed by atoms with Gasteiger partial charge in [-0.3, -0.25) is 9.59 Å². The summed E-state index contributed by atoms with van der Waals surface area (Å²) in [4.78, 5) is 44.4. The second-order valence-corrected chi connectivity index (χ2v) is 7.44. The van der Waals surface area contributed by atoms with Crippen molar-refractivity contribution in [2.45, 2.75) is 39.2 Å². The topological polar surface area (TPSA) is 199 Å². The van der Waals surface area contributed by atoms with Gasteiger partial charge in [0.25, 0.3) is 11.8 Å². The molecule has 2 heterocycles. The van der Waals surface area contributed by atoms with Gasteiger partial charge in [-0.15, -0.1) is 11.3 Å². The van der Waals surface area contributed by atoms with Gasteiger partial charge in [0.15, 0.2) is 10.8 Å². The first-order chi connectivity index (χ1) is 15.7. The molecule has 1 aromatic carbocycles. The number of carboxylic acid groups (broad SMARTS) is 1. The molecule has 0 saturated carbocycles. The third kappa shape index (κ3) is 6.20. The number of aromatic nitrogens is 1. The highest BCUT2D eigenvalue weighted by atomic mass is 32.1. The van der Waals surface area contributed by atoms with Crippen molar-refractivity contribution in [2.24, 2.45) is 10.9 Å². The molecule has 33 heavy (non-hydrogen) atoms. The van der Waals surface area contributed by atoms with Crippen LogP contribution in [0, 0.1) is 0 Å². The third-order valence-corrected chi connectivity index (χ3v) is 5.02. The maximum Gasteiger partial charge on any atom is 0.547 e. The largest absolute Gasteiger partial charge is 0.547 e. The van der Waals surface area contributed by atoms with Crippen LogP contribution in [0.4, 0.5) is 5.13 Å². The highest BCUT2D eigenvalue weighted by Crippen LogP contribution is 2.30. The lowest BCUT2D eigenvalue weighted by Crippen LogP contribution is -2.54. The lowest BCUT2D eigenvalue weighted by molar-refractivity contribution is -0.128. The summed E-state index contributed by atoms with van der Waals surface area (Å²) in [6.07, 6.45) is -1.02. The van der Waals surface area contributed by atoms with E-state index in [0.29, 0.717) is 5.56 Å². The van der Waals surface area contributed by atoms with Crippen molar-refractivity contribution in [2.75, 3.05) is 5.73 Å². The number of fused-ring (bicyclic) bond motifs is 1. The van der Waals surface area contributed by atoms with Crippen LogP contribution in [-0.4, -0.2) is 57.8 Å². The van der Waals surface area contributed by atoms with Gasteiger partial charge in [0.2, 0.25) is 6.10 Å². The van der Waals surface area contributed by atoms with Crippen molar-refractivity contribution in [3.05, 3.63) is 40.4 Å². The number of thiazole rings is 1. The minimum atomic E-state index is -1.52. The predicted octanol–water partition coefficient (Wildman–Crippen LogP) is 0.184. The van der Waals surface area contributed by atoms with E-state index in [4.69, 9.17) is 21.0 Å². The molecule has 3 rings (SSSR count). The van der Waals surface area contributed by atoms with Gasteiger partial charge in [0, 0.05) is 5.38 Å². The van der Waals surface area contributed by atoms with Crippen LogP contribution in [-0.2, 0) is 20.8 Å². The number of oxime groups is 1. The van der Waals surface area contributed by atoms with Crippen LogP contribution in [0.3, 0.4) is 0 Å². The molecule has 7 N–H and O–H groups in total. The molecule has 2 amide bonds. The van der Waals surface area contributed by atoms with Gasteiger partial charge in [-0.2, -0.15) is 0 Å². The monoisotopic (exact) mass is 477 g/mol. The number of anilines is 1. The number of carboxylic acids is 1. The van der Waals surface area contributed by atoms with Crippen LogP contribution >= 0.6 is 11.3 Å². The number of para-hydroxylation sites is 1. The van der Waals surface area contributed by atoms with E-state index < -0.39 is 36.9 Å². The number of amides is 2. The average molecular weight is 477 g/mol. The molecular formula is C19H24BN5O7S. The second-order valence-electron chi connectivity index (χ2n) is 6.55. The van der Waals surface area contributed by atoms with E-state index in [1.807, 2.05) is 13.8 Å². The maximum atomic E-state index is 12.9. The molecule has 1 aromatic heterocycles. The fraction of sp³-hybridized carbons (Fsp3) is 0.316. The third-order valence-electron chi connectivity index (χ3n) is 4.35. The number of aromatic carboxylic acids is 1. The number of nitrogen functional groups attached to an aromatic ring is 1. The van der Waals surface area contributed by atoms with E-state index in [1.165, 1.54) is 24.4 Å². The van der Waals surface area contributed by atoms with Crippen molar-refractivity contribution >= 4 is 47.1 Å². The van der Waals surface area contributed by atoms with Crippen molar-refractivity contribution in [1.82, 2.24) is 10.3 Å². The second kappa shape index (κ2) is 11.3. The van der Waals surface area contributed by atoms with Crippen molar-refractivity contribution in [3.8, 4) is 5.75 Å². The van der Waals surface area contributed by atoms with Crippen LogP contribution in [0.15, 0.2) is 28.7 Å². The number of benzene rings is 1. The Morgan fingerprint density at radius 3 is 2.67 bits per heavy atom. The van der Waals surface area contributed by atoms with E-state index in [0.717, 1.165) is 11.3 Å². The number of hydrogen-bond acceptors (Lipinski definition) is 10. The smallest absolute Gasteiger partial charge is 0.534 e. The van der Waals surface area contributed by atoms with E-state index in [-0.39, 0.29) is 34.3 Å². The Labute approximate surface area is 193 Å². The SMILES string of the molecule is CC.CC(O/N=C(\C(=O)NC1Cc2cccc(C(=O)O)c2OB1O)c1csc(N)n1)C(N)=O. The number of carbonyl (C=O) groups excluding carboxylic acids is 2. The zero-order valence-corrected chi connectivity index (χ0v) is 19.0. The van der Waals surface area contributed by atoms with E-state index in [9.17, 15) is 24.5 Å². The number of primary amides is 1. The number of rotatable bonds is 7. The van der Waals surface area contributed by atoms with Gasteiger partial charge in [0.05, 0.1) is 11.5 Å². The molecular weight excluding hydrogens is 453 g/mol. The number of nitrogens with two attached hydrogens (primary N) is 2. The maximum absolute atomic E-state index is 12.9. The molecule has 1 aliphatic heterocycles. The molecule has 0 saturated heterocycles. The first-order valence-corrected chi connectivity index (χ1v) is 10.8. The molecule has 0 radical (unpaired) electrons. The van der Waals surface area contributed by atoms with Gasteiger partial charge < -0.3 is 36.4 Å². The van der Waals surface area contributed by atoms with Gasteiger partial charge in [-0.05, 0) is 25.0 Å². The van der Waals surface area contributed by atoms with Crippen LogP contribution < -0.4 is 21.4 Å². The molecule has 2 aromatic rings. The molecule has 14 heteroatoms. The minimum absolute atomic E-state index is 0.0350. The average Bonchev–Trinajstić information content (AvgIpc) is 3.20. The Bertz CT molecular complexity index is 1060. The zero-order valence-electron chi connectivity index (χ0n) is 18.1. The molecule has 0 spiro atoms. The summed E-state index contributed by atoms with van der Waals surface area (Å²) < 4.78 is 5.35. The number of nitrogens with zero attached hydrogens (tertiary/aromatic N) is 2. The van der Waals surface area contributed by atoms with Crippen LogP contribution in [0.5, 0.6) is 5.75 Å². The molecule has 176 valence electrons. The quantitative estimate of drug-likeness (QED) is 0.210.